The quantitative estimate of drug-likeness (QED) is 0.854. The lowest BCUT2D eigenvalue weighted by atomic mass is 9.89. The minimum Gasteiger partial charge on any atom is -0.378 e. The molecule has 1 amide bonds. The van der Waals surface area contributed by atoms with Crippen molar-refractivity contribution in [1.29, 1.82) is 0 Å². The lowest BCUT2D eigenvalue weighted by molar-refractivity contribution is -0.136. The number of amides is 1. The monoisotopic (exact) mass is 306 g/mol. The Balaban J connectivity index is 1.49. The highest BCUT2D eigenvalue weighted by molar-refractivity contribution is 5.78. The van der Waals surface area contributed by atoms with Gasteiger partial charge in [-0.05, 0) is 43.5 Å². The molecule has 0 radical (unpaired) electrons. The Hall–Kier alpha value is -1.46. The zero-order valence-corrected chi connectivity index (χ0v) is 12.8. The van der Waals surface area contributed by atoms with Crippen molar-refractivity contribution in [2.24, 2.45) is 0 Å². The van der Waals surface area contributed by atoms with E-state index in [1.807, 2.05) is 17.0 Å². The van der Waals surface area contributed by atoms with Crippen LogP contribution in [-0.2, 0) is 9.53 Å². The molecule has 0 unspecified atom stereocenters. The number of likely N-dealkylation sites (tertiary alicyclic amines) is 1. The summed E-state index contributed by atoms with van der Waals surface area (Å²) < 4.78 is 19.1. The van der Waals surface area contributed by atoms with Crippen LogP contribution >= 0.6 is 0 Å². The molecular formula is C17H23FN2O2. The molecule has 0 atom stereocenters. The second-order valence-electron chi connectivity index (χ2n) is 6.07. The van der Waals surface area contributed by atoms with E-state index in [0.717, 1.165) is 31.5 Å². The van der Waals surface area contributed by atoms with Crippen LogP contribution in [0.1, 0.15) is 24.3 Å². The van der Waals surface area contributed by atoms with Crippen molar-refractivity contribution in [3.63, 3.8) is 0 Å². The maximum absolute atomic E-state index is 13.8. The third-order valence-corrected chi connectivity index (χ3v) is 4.66. The predicted molar refractivity (Wildman–Crippen MR) is 82.2 cm³/mol. The van der Waals surface area contributed by atoms with Crippen molar-refractivity contribution in [2.75, 3.05) is 45.9 Å². The summed E-state index contributed by atoms with van der Waals surface area (Å²) in [5.41, 5.74) is 0.821. The van der Waals surface area contributed by atoms with Crippen molar-refractivity contribution in [1.82, 2.24) is 9.80 Å². The molecule has 0 saturated carbocycles. The number of benzene rings is 1. The van der Waals surface area contributed by atoms with Crippen molar-refractivity contribution >= 4 is 5.91 Å². The number of carbonyl (C=O) groups is 1. The van der Waals surface area contributed by atoms with Gasteiger partial charge in [-0.15, -0.1) is 0 Å². The number of halogens is 1. The Morgan fingerprint density at radius 2 is 1.82 bits per heavy atom. The van der Waals surface area contributed by atoms with Crippen LogP contribution < -0.4 is 0 Å². The molecule has 1 aromatic rings. The van der Waals surface area contributed by atoms with Crippen LogP contribution in [0.2, 0.25) is 0 Å². The van der Waals surface area contributed by atoms with E-state index in [9.17, 15) is 9.18 Å². The first-order valence-corrected chi connectivity index (χ1v) is 8.06. The van der Waals surface area contributed by atoms with Crippen LogP contribution in [0.3, 0.4) is 0 Å². The van der Waals surface area contributed by atoms with Crippen molar-refractivity contribution in [3.8, 4) is 0 Å². The lowest BCUT2D eigenvalue weighted by Crippen LogP contribution is -2.47. The molecule has 4 nitrogen and oxygen atoms in total. The molecule has 1 aromatic carbocycles. The van der Waals surface area contributed by atoms with Crippen LogP contribution in [0.4, 0.5) is 4.39 Å². The number of hydrogen-bond donors (Lipinski definition) is 0. The van der Waals surface area contributed by atoms with Gasteiger partial charge in [0.2, 0.25) is 5.91 Å². The fourth-order valence-corrected chi connectivity index (χ4v) is 3.31. The Morgan fingerprint density at radius 3 is 2.50 bits per heavy atom. The van der Waals surface area contributed by atoms with Gasteiger partial charge in [0, 0.05) is 13.1 Å². The summed E-state index contributed by atoms with van der Waals surface area (Å²) in [5.74, 6) is 0.355. The highest BCUT2D eigenvalue weighted by atomic mass is 19.1. The van der Waals surface area contributed by atoms with Gasteiger partial charge in [-0.1, -0.05) is 18.2 Å². The Bertz CT molecular complexity index is 509. The van der Waals surface area contributed by atoms with Crippen LogP contribution in [0.25, 0.3) is 0 Å². The van der Waals surface area contributed by atoms with Crippen molar-refractivity contribution in [3.05, 3.63) is 35.6 Å². The number of hydrogen-bond acceptors (Lipinski definition) is 3. The third-order valence-electron chi connectivity index (χ3n) is 4.66. The van der Waals surface area contributed by atoms with E-state index in [-0.39, 0.29) is 17.6 Å². The third kappa shape index (κ3) is 3.65. The largest absolute Gasteiger partial charge is 0.378 e. The smallest absolute Gasteiger partial charge is 0.236 e. The van der Waals surface area contributed by atoms with E-state index >= 15 is 0 Å². The second kappa shape index (κ2) is 7.20. The Labute approximate surface area is 130 Å². The van der Waals surface area contributed by atoms with Crippen molar-refractivity contribution < 1.29 is 13.9 Å². The van der Waals surface area contributed by atoms with Gasteiger partial charge in [0.15, 0.2) is 0 Å². The summed E-state index contributed by atoms with van der Waals surface area (Å²) in [6.45, 7) is 4.87. The van der Waals surface area contributed by atoms with Gasteiger partial charge in [-0.2, -0.15) is 0 Å². The minimum atomic E-state index is -0.106. The SMILES string of the molecule is O=C(CN1CCC(c2ccccc2F)CC1)N1CCOCC1. The number of nitrogens with zero attached hydrogens (tertiary/aromatic N) is 2. The fraction of sp³-hybridized carbons (Fsp3) is 0.588. The first kappa shape index (κ1) is 15.4. The highest BCUT2D eigenvalue weighted by Crippen LogP contribution is 2.29. The molecule has 0 spiro atoms. The molecule has 2 fully saturated rings. The van der Waals surface area contributed by atoms with Crippen LogP contribution in [0.5, 0.6) is 0 Å². The maximum Gasteiger partial charge on any atom is 0.236 e. The normalized spacial score (nSPS) is 21.0. The van der Waals surface area contributed by atoms with Gasteiger partial charge in [0.25, 0.3) is 0 Å². The predicted octanol–water partition coefficient (Wildman–Crippen LogP) is 1.86. The fourth-order valence-electron chi connectivity index (χ4n) is 3.31. The van der Waals surface area contributed by atoms with E-state index in [1.54, 1.807) is 6.07 Å². The maximum atomic E-state index is 13.8. The molecule has 2 saturated heterocycles. The van der Waals surface area contributed by atoms with E-state index in [2.05, 4.69) is 4.90 Å². The molecule has 2 aliphatic heterocycles. The number of carbonyl (C=O) groups excluding carboxylic acids is 1. The molecule has 0 aliphatic carbocycles. The molecule has 2 aliphatic rings. The van der Waals surface area contributed by atoms with Crippen LogP contribution in [0, 0.1) is 5.82 Å². The van der Waals surface area contributed by atoms with Gasteiger partial charge in [0.1, 0.15) is 5.82 Å². The number of piperidine rings is 1. The number of ether oxygens (including phenoxy) is 1. The molecule has 0 bridgehead atoms. The number of morpholine rings is 1. The summed E-state index contributed by atoms with van der Waals surface area (Å²) >= 11 is 0. The second-order valence-corrected chi connectivity index (χ2v) is 6.07. The highest BCUT2D eigenvalue weighted by Gasteiger charge is 2.25. The summed E-state index contributed by atoms with van der Waals surface area (Å²) in [6, 6.07) is 7.04. The molecule has 3 rings (SSSR count). The van der Waals surface area contributed by atoms with Gasteiger partial charge in [0.05, 0.1) is 19.8 Å². The van der Waals surface area contributed by atoms with Crippen molar-refractivity contribution in [2.45, 2.75) is 18.8 Å². The average Bonchev–Trinajstić information content (AvgIpc) is 2.57. The Morgan fingerprint density at radius 1 is 1.14 bits per heavy atom. The molecule has 0 aromatic heterocycles. The van der Waals surface area contributed by atoms with Gasteiger partial charge in [-0.25, -0.2) is 4.39 Å². The first-order chi connectivity index (χ1) is 10.7. The topological polar surface area (TPSA) is 32.8 Å². The molecule has 0 N–H and O–H groups in total. The van der Waals surface area contributed by atoms with Gasteiger partial charge < -0.3 is 9.64 Å². The average molecular weight is 306 g/mol. The molecule has 5 heteroatoms. The zero-order valence-electron chi connectivity index (χ0n) is 12.8. The zero-order chi connectivity index (χ0) is 15.4. The first-order valence-electron chi connectivity index (χ1n) is 8.06. The van der Waals surface area contributed by atoms with Crippen LogP contribution in [-0.4, -0.2) is 61.6 Å². The van der Waals surface area contributed by atoms with E-state index in [0.29, 0.717) is 32.8 Å². The van der Waals surface area contributed by atoms with E-state index in [4.69, 9.17) is 4.74 Å². The van der Waals surface area contributed by atoms with E-state index < -0.39 is 0 Å². The summed E-state index contributed by atoms with van der Waals surface area (Å²) in [4.78, 5) is 16.3. The summed E-state index contributed by atoms with van der Waals surface area (Å²) in [7, 11) is 0. The van der Waals surface area contributed by atoms with Gasteiger partial charge in [-0.3, -0.25) is 9.69 Å². The van der Waals surface area contributed by atoms with Crippen LogP contribution in [0.15, 0.2) is 24.3 Å². The summed E-state index contributed by atoms with van der Waals surface area (Å²) in [5, 5.41) is 0. The summed E-state index contributed by atoms with van der Waals surface area (Å²) in [6.07, 6.45) is 1.83. The molecule has 120 valence electrons. The molecular weight excluding hydrogens is 283 g/mol. The lowest BCUT2D eigenvalue weighted by Gasteiger charge is -2.34. The minimum absolute atomic E-state index is 0.106. The standard InChI is InChI=1S/C17H23FN2O2/c18-16-4-2-1-3-15(16)14-5-7-19(8-6-14)13-17(21)20-9-11-22-12-10-20/h1-4,14H,5-13H2. The Kier molecular flexibility index (Phi) is 5.05. The van der Waals surface area contributed by atoms with Gasteiger partial charge >= 0.3 is 0 Å². The van der Waals surface area contributed by atoms with E-state index in [1.165, 1.54) is 6.07 Å². The molecule has 22 heavy (non-hydrogen) atoms. The molecule has 2 heterocycles. The number of rotatable bonds is 3.